The summed E-state index contributed by atoms with van der Waals surface area (Å²) in [7, 11) is 0. The number of thiazole rings is 1. The van der Waals surface area contributed by atoms with E-state index in [-0.39, 0.29) is 5.91 Å². The number of aryl methyl sites for hydroxylation is 1. The van der Waals surface area contributed by atoms with Gasteiger partial charge in [0.25, 0.3) is 5.91 Å². The van der Waals surface area contributed by atoms with Gasteiger partial charge < -0.3 is 10.4 Å². The molecule has 2 aromatic rings. The molecular formula is C18H20N2O3S. The zero-order chi connectivity index (χ0) is 17.2. The second-order valence-corrected chi connectivity index (χ2v) is 7.32. The lowest BCUT2D eigenvalue weighted by molar-refractivity contribution is -0.144. The van der Waals surface area contributed by atoms with Gasteiger partial charge in [-0.1, -0.05) is 43.2 Å². The molecule has 1 amide bonds. The Kier molecular flexibility index (Phi) is 4.66. The third kappa shape index (κ3) is 3.33. The third-order valence-corrected chi connectivity index (χ3v) is 5.62. The molecule has 0 saturated heterocycles. The first-order valence-electron chi connectivity index (χ1n) is 8.06. The molecule has 0 spiro atoms. The fraction of sp³-hybridized carbons (Fsp3) is 0.389. The number of hydrogen-bond acceptors (Lipinski definition) is 4. The molecular weight excluding hydrogens is 324 g/mol. The van der Waals surface area contributed by atoms with Gasteiger partial charge in [0.05, 0.1) is 10.7 Å². The number of carboxylic acids is 1. The number of hydrogen-bond donors (Lipinski definition) is 2. The standard InChI is InChI=1S/C18H20N2O3S/c1-12-15(16(21)20-18(17(22)23)9-5-6-10-18)24-14(19-12)11-13-7-3-2-4-8-13/h2-4,7-8H,5-6,9-11H2,1H3,(H,20,21)(H,22,23). The van der Waals surface area contributed by atoms with Crippen molar-refractivity contribution in [2.24, 2.45) is 0 Å². The Morgan fingerprint density at radius 2 is 1.92 bits per heavy atom. The summed E-state index contributed by atoms with van der Waals surface area (Å²) in [5.41, 5.74) is 0.672. The first kappa shape index (κ1) is 16.6. The van der Waals surface area contributed by atoms with Crippen molar-refractivity contribution in [3.05, 3.63) is 51.5 Å². The Hall–Kier alpha value is -2.21. The van der Waals surface area contributed by atoms with Crippen LogP contribution in [0.4, 0.5) is 0 Å². The van der Waals surface area contributed by atoms with Crippen LogP contribution in [0.3, 0.4) is 0 Å². The van der Waals surface area contributed by atoms with Crippen LogP contribution in [0.25, 0.3) is 0 Å². The summed E-state index contributed by atoms with van der Waals surface area (Å²) >= 11 is 1.34. The van der Waals surface area contributed by atoms with Crippen LogP contribution < -0.4 is 5.32 Å². The minimum atomic E-state index is -1.12. The van der Waals surface area contributed by atoms with Crippen molar-refractivity contribution >= 4 is 23.2 Å². The molecule has 1 aliphatic rings. The van der Waals surface area contributed by atoms with E-state index in [2.05, 4.69) is 10.3 Å². The van der Waals surface area contributed by atoms with Crippen LogP contribution in [0, 0.1) is 6.92 Å². The number of benzene rings is 1. The van der Waals surface area contributed by atoms with Gasteiger partial charge in [0.15, 0.2) is 0 Å². The average Bonchev–Trinajstić information content (AvgIpc) is 3.16. The molecule has 126 valence electrons. The van der Waals surface area contributed by atoms with Gasteiger partial charge in [-0.2, -0.15) is 0 Å². The maximum absolute atomic E-state index is 12.6. The zero-order valence-electron chi connectivity index (χ0n) is 13.5. The van der Waals surface area contributed by atoms with Gasteiger partial charge in [-0.3, -0.25) is 4.79 Å². The van der Waals surface area contributed by atoms with Crippen LogP contribution in [0.1, 0.15) is 51.6 Å². The minimum Gasteiger partial charge on any atom is -0.480 e. The summed E-state index contributed by atoms with van der Waals surface area (Å²) in [5, 5.41) is 13.1. The van der Waals surface area contributed by atoms with E-state index in [0.29, 0.717) is 29.8 Å². The summed E-state index contributed by atoms with van der Waals surface area (Å²) in [4.78, 5) is 29.2. The first-order chi connectivity index (χ1) is 11.5. The lowest BCUT2D eigenvalue weighted by Gasteiger charge is -2.24. The Morgan fingerprint density at radius 1 is 1.25 bits per heavy atom. The quantitative estimate of drug-likeness (QED) is 0.873. The minimum absolute atomic E-state index is 0.325. The molecule has 6 heteroatoms. The van der Waals surface area contributed by atoms with E-state index in [1.54, 1.807) is 6.92 Å². The SMILES string of the molecule is Cc1nc(Cc2ccccc2)sc1C(=O)NC1(C(=O)O)CCCC1. The summed E-state index contributed by atoms with van der Waals surface area (Å²) in [6.45, 7) is 1.79. The van der Waals surface area contributed by atoms with Gasteiger partial charge in [-0.25, -0.2) is 9.78 Å². The number of aliphatic carboxylic acids is 1. The third-order valence-electron chi connectivity index (χ3n) is 4.46. The van der Waals surface area contributed by atoms with E-state index >= 15 is 0 Å². The first-order valence-corrected chi connectivity index (χ1v) is 8.88. The van der Waals surface area contributed by atoms with Crippen molar-refractivity contribution in [1.29, 1.82) is 0 Å². The summed E-state index contributed by atoms with van der Waals surface area (Å²) in [5.74, 6) is -1.27. The molecule has 0 aliphatic heterocycles. The number of aromatic nitrogens is 1. The lowest BCUT2D eigenvalue weighted by Crippen LogP contribution is -2.52. The Bertz CT molecular complexity index is 749. The van der Waals surface area contributed by atoms with Crippen molar-refractivity contribution in [3.63, 3.8) is 0 Å². The summed E-state index contributed by atoms with van der Waals surface area (Å²) < 4.78 is 0. The van der Waals surface area contributed by atoms with Crippen molar-refractivity contribution in [1.82, 2.24) is 10.3 Å². The van der Waals surface area contributed by atoms with Crippen LogP contribution in [-0.4, -0.2) is 27.5 Å². The number of carbonyl (C=O) groups excluding carboxylic acids is 1. The number of carboxylic acid groups (broad SMARTS) is 1. The maximum atomic E-state index is 12.6. The van der Waals surface area contributed by atoms with E-state index in [4.69, 9.17) is 0 Å². The molecule has 1 aromatic carbocycles. The highest BCUT2D eigenvalue weighted by Crippen LogP contribution is 2.31. The highest BCUT2D eigenvalue weighted by atomic mass is 32.1. The zero-order valence-corrected chi connectivity index (χ0v) is 14.4. The van der Waals surface area contributed by atoms with Crippen LogP contribution in [0.2, 0.25) is 0 Å². The van der Waals surface area contributed by atoms with E-state index in [0.717, 1.165) is 23.4 Å². The van der Waals surface area contributed by atoms with Crippen LogP contribution in [0.15, 0.2) is 30.3 Å². The Balaban J connectivity index is 1.77. The van der Waals surface area contributed by atoms with Crippen LogP contribution in [0.5, 0.6) is 0 Å². The maximum Gasteiger partial charge on any atom is 0.329 e. The predicted octanol–water partition coefficient (Wildman–Crippen LogP) is 3.17. The summed E-state index contributed by atoms with van der Waals surface area (Å²) in [6, 6.07) is 9.95. The Labute approximate surface area is 144 Å². The number of rotatable bonds is 5. The van der Waals surface area contributed by atoms with Crippen molar-refractivity contribution in [2.75, 3.05) is 0 Å². The molecule has 0 bridgehead atoms. The second kappa shape index (κ2) is 6.73. The highest BCUT2D eigenvalue weighted by Gasteiger charge is 2.43. The molecule has 1 aliphatic carbocycles. The van der Waals surface area contributed by atoms with E-state index < -0.39 is 11.5 Å². The molecule has 0 atom stereocenters. The monoisotopic (exact) mass is 344 g/mol. The lowest BCUT2D eigenvalue weighted by atomic mass is 9.98. The Morgan fingerprint density at radius 3 is 2.54 bits per heavy atom. The predicted molar refractivity (Wildman–Crippen MR) is 92.4 cm³/mol. The number of carbonyl (C=O) groups is 2. The second-order valence-electron chi connectivity index (χ2n) is 6.23. The molecule has 1 heterocycles. The largest absolute Gasteiger partial charge is 0.480 e. The molecule has 5 nitrogen and oxygen atoms in total. The highest BCUT2D eigenvalue weighted by molar-refractivity contribution is 7.13. The molecule has 0 unspecified atom stereocenters. The van der Waals surface area contributed by atoms with Crippen molar-refractivity contribution < 1.29 is 14.7 Å². The smallest absolute Gasteiger partial charge is 0.329 e. The number of amides is 1. The van der Waals surface area contributed by atoms with Gasteiger partial charge in [0.2, 0.25) is 0 Å². The average molecular weight is 344 g/mol. The van der Waals surface area contributed by atoms with E-state index in [1.165, 1.54) is 11.3 Å². The van der Waals surface area contributed by atoms with E-state index in [1.807, 2.05) is 30.3 Å². The molecule has 1 aromatic heterocycles. The summed E-state index contributed by atoms with van der Waals surface area (Å²) in [6.07, 6.45) is 3.30. The van der Waals surface area contributed by atoms with Gasteiger partial charge in [0.1, 0.15) is 10.4 Å². The fourth-order valence-corrected chi connectivity index (χ4v) is 4.15. The van der Waals surface area contributed by atoms with Crippen molar-refractivity contribution in [3.8, 4) is 0 Å². The van der Waals surface area contributed by atoms with E-state index in [9.17, 15) is 14.7 Å². The van der Waals surface area contributed by atoms with Crippen LogP contribution >= 0.6 is 11.3 Å². The molecule has 1 saturated carbocycles. The topological polar surface area (TPSA) is 79.3 Å². The van der Waals surface area contributed by atoms with Gasteiger partial charge in [-0.05, 0) is 25.3 Å². The number of nitrogens with one attached hydrogen (secondary N) is 1. The fourth-order valence-electron chi connectivity index (χ4n) is 3.15. The van der Waals surface area contributed by atoms with Gasteiger partial charge >= 0.3 is 5.97 Å². The number of nitrogens with zero attached hydrogens (tertiary/aromatic N) is 1. The normalized spacial score (nSPS) is 16.0. The molecule has 24 heavy (non-hydrogen) atoms. The van der Waals surface area contributed by atoms with Crippen molar-refractivity contribution in [2.45, 2.75) is 44.6 Å². The molecule has 2 N–H and O–H groups in total. The van der Waals surface area contributed by atoms with Crippen LogP contribution in [-0.2, 0) is 11.2 Å². The molecule has 3 rings (SSSR count). The van der Waals surface area contributed by atoms with Gasteiger partial charge in [-0.15, -0.1) is 11.3 Å². The molecule has 1 fully saturated rings. The molecule has 0 radical (unpaired) electrons. The van der Waals surface area contributed by atoms with Gasteiger partial charge in [0, 0.05) is 6.42 Å².